The maximum absolute atomic E-state index is 12.0. The Morgan fingerprint density at radius 1 is 1.08 bits per heavy atom. The number of Topliss-reactive ketones (excluding diaryl/α,β-unsaturated/α-hetero) is 1. The van der Waals surface area contributed by atoms with Crippen LogP contribution in [0.3, 0.4) is 0 Å². The van der Waals surface area contributed by atoms with E-state index in [0.29, 0.717) is 24.1 Å². The van der Waals surface area contributed by atoms with Gasteiger partial charge in [0.15, 0.2) is 12.4 Å². The minimum Gasteiger partial charge on any atom is -0.457 e. The van der Waals surface area contributed by atoms with E-state index in [0.717, 1.165) is 11.1 Å². The number of aryl methyl sites for hydroxylation is 2. The molecular weight excluding hydrogens is 338 g/mol. The van der Waals surface area contributed by atoms with Crippen molar-refractivity contribution >= 4 is 29.0 Å². The molecule has 25 heavy (non-hydrogen) atoms. The minimum atomic E-state index is -0.443. The highest BCUT2D eigenvalue weighted by Gasteiger charge is 2.11. The van der Waals surface area contributed by atoms with Crippen molar-refractivity contribution in [1.29, 1.82) is 0 Å². The number of rotatable bonds is 8. The number of ketones is 1. The van der Waals surface area contributed by atoms with Crippen LogP contribution >= 0.6 is 11.3 Å². The van der Waals surface area contributed by atoms with E-state index < -0.39 is 5.97 Å². The van der Waals surface area contributed by atoms with Gasteiger partial charge < -0.3 is 10.1 Å². The average Bonchev–Trinajstić information content (AvgIpc) is 3.13. The number of amides is 1. The zero-order chi connectivity index (χ0) is 18.2. The van der Waals surface area contributed by atoms with Crippen molar-refractivity contribution in [3.63, 3.8) is 0 Å². The Bertz CT molecular complexity index is 753. The van der Waals surface area contributed by atoms with E-state index in [4.69, 9.17) is 4.74 Å². The molecule has 0 spiro atoms. The number of carbonyl (C=O) groups is 3. The topological polar surface area (TPSA) is 72.5 Å². The lowest BCUT2D eigenvalue weighted by molar-refractivity contribution is -0.142. The van der Waals surface area contributed by atoms with Gasteiger partial charge in [-0.3, -0.25) is 14.4 Å². The Balaban J connectivity index is 1.65. The third-order valence-corrected chi connectivity index (χ3v) is 4.50. The zero-order valence-corrected chi connectivity index (χ0v) is 15.2. The molecule has 0 saturated carbocycles. The van der Waals surface area contributed by atoms with Gasteiger partial charge in [-0.15, -0.1) is 0 Å². The first kappa shape index (κ1) is 18.9. The van der Waals surface area contributed by atoms with Gasteiger partial charge in [0.2, 0.25) is 0 Å². The van der Waals surface area contributed by atoms with E-state index in [9.17, 15) is 14.4 Å². The van der Waals surface area contributed by atoms with Crippen molar-refractivity contribution in [1.82, 2.24) is 5.32 Å². The second-order valence-electron chi connectivity index (χ2n) is 5.75. The van der Waals surface area contributed by atoms with Crippen molar-refractivity contribution in [2.24, 2.45) is 0 Å². The molecule has 1 N–H and O–H groups in total. The third-order valence-electron chi connectivity index (χ3n) is 3.82. The Labute approximate surface area is 151 Å². The summed E-state index contributed by atoms with van der Waals surface area (Å²) in [6.07, 6.45) is 0.622. The molecule has 0 atom stereocenters. The summed E-state index contributed by atoms with van der Waals surface area (Å²) in [5.41, 5.74) is 3.29. The van der Waals surface area contributed by atoms with Crippen LogP contribution in [-0.2, 0) is 9.53 Å². The molecule has 1 amide bonds. The molecule has 2 aromatic rings. The average molecular weight is 359 g/mol. The molecule has 0 aliphatic carbocycles. The van der Waals surface area contributed by atoms with E-state index in [1.807, 2.05) is 25.3 Å². The van der Waals surface area contributed by atoms with Gasteiger partial charge >= 0.3 is 5.97 Å². The molecule has 0 aliphatic rings. The largest absolute Gasteiger partial charge is 0.457 e. The fourth-order valence-corrected chi connectivity index (χ4v) is 2.78. The standard InChI is InChI=1S/C19H21NO4S/c1-13-5-6-15(10-14(13)2)17(21)11-24-18(22)4-3-8-20-19(23)16-7-9-25-12-16/h5-7,9-10,12H,3-4,8,11H2,1-2H3,(H,20,23). The molecular formula is C19H21NO4S. The van der Waals surface area contributed by atoms with E-state index in [1.54, 1.807) is 23.6 Å². The highest BCUT2D eigenvalue weighted by atomic mass is 32.1. The Hall–Kier alpha value is -2.47. The normalized spacial score (nSPS) is 10.3. The number of nitrogens with one attached hydrogen (secondary N) is 1. The van der Waals surface area contributed by atoms with Gasteiger partial charge in [0.25, 0.3) is 5.91 Å². The lowest BCUT2D eigenvalue weighted by Crippen LogP contribution is -2.24. The fraction of sp³-hybridized carbons (Fsp3) is 0.316. The maximum Gasteiger partial charge on any atom is 0.306 e. The SMILES string of the molecule is Cc1ccc(C(=O)COC(=O)CCCNC(=O)c2ccsc2)cc1C. The smallest absolute Gasteiger partial charge is 0.306 e. The number of benzene rings is 1. The second-order valence-corrected chi connectivity index (χ2v) is 6.53. The fourth-order valence-electron chi connectivity index (χ4n) is 2.15. The van der Waals surface area contributed by atoms with Crippen LogP contribution in [0.2, 0.25) is 0 Å². The van der Waals surface area contributed by atoms with Gasteiger partial charge in [-0.05, 0) is 48.9 Å². The summed E-state index contributed by atoms with van der Waals surface area (Å²) in [5, 5.41) is 6.33. The van der Waals surface area contributed by atoms with Gasteiger partial charge in [0.1, 0.15) is 0 Å². The van der Waals surface area contributed by atoms with Gasteiger partial charge in [0.05, 0.1) is 0 Å². The summed E-state index contributed by atoms with van der Waals surface area (Å²) in [6, 6.07) is 7.15. The lowest BCUT2D eigenvalue weighted by atomic mass is 10.0. The molecule has 0 bridgehead atoms. The number of ether oxygens (including phenoxy) is 1. The first-order valence-electron chi connectivity index (χ1n) is 8.04. The van der Waals surface area contributed by atoms with Crippen LogP contribution in [-0.4, -0.2) is 30.8 Å². The predicted molar refractivity (Wildman–Crippen MR) is 97.1 cm³/mol. The molecule has 0 radical (unpaired) electrons. The Kier molecular flexibility index (Phi) is 6.89. The van der Waals surface area contributed by atoms with Crippen LogP contribution in [0.15, 0.2) is 35.0 Å². The van der Waals surface area contributed by atoms with E-state index >= 15 is 0 Å². The molecule has 5 nitrogen and oxygen atoms in total. The maximum atomic E-state index is 12.0. The van der Waals surface area contributed by atoms with Crippen LogP contribution in [0, 0.1) is 13.8 Å². The van der Waals surface area contributed by atoms with Crippen molar-refractivity contribution in [2.75, 3.05) is 13.2 Å². The first-order chi connectivity index (χ1) is 12.0. The Morgan fingerprint density at radius 2 is 1.88 bits per heavy atom. The summed E-state index contributed by atoms with van der Waals surface area (Å²) in [4.78, 5) is 35.4. The van der Waals surface area contributed by atoms with Gasteiger partial charge in [0, 0.05) is 29.5 Å². The van der Waals surface area contributed by atoms with Crippen LogP contribution in [0.5, 0.6) is 0 Å². The highest BCUT2D eigenvalue weighted by Crippen LogP contribution is 2.11. The molecule has 1 aromatic carbocycles. The second kappa shape index (κ2) is 9.13. The van der Waals surface area contributed by atoms with Gasteiger partial charge in [-0.1, -0.05) is 12.1 Å². The number of hydrogen-bond acceptors (Lipinski definition) is 5. The highest BCUT2D eigenvalue weighted by molar-refractivity contribution is 7.08. The molecule has 1 heterocycles. The van der Waals surface area contributed by atoms with Crippen molar-refractivity contribution < 1.29 is 19.1 Å². The summed E-state index contributed by atoms with van der Waals surface area (Å²) in [5.74, 6) is -0.816. The van der Waals surface area contributed by atoms with Crippen LogP contribution in [0.4, 0.5) is 0 Å². The van der Waals surface area contributed by atoms with Gasteiger partial charge in [-0.25, -0.2) is 0 Å². The molecule has 0 fully saturated rings. The van der Waals surface area contributed by atoms with Gasteiger partial charge in [-0.2, -0.15) is 11.3 Å². The zero-order valence-electron chi connectivity index (χ0n) is 14.3. The van der Waals surface area contributed by atoms with E-state index in [2.05, 4.69) is 5.32 Å². The molecule has 0 unspecified atom stereocenters. The number of esters is 1. The quantitative estimate of drug-likeness (QED) is 0.446. The van der Waals surface area contributed by atoms with Crippen LogP contribution in [0.25, 0.3) is 0 Å². The van der Waals surface area contributed by atoms with Crippen molar-refractivity contribution in [3.8, 4) is 0 Å². The summed E-state index contributed by atoms with van der Waals surface area (Å²) >= 11 is 1.45. The summed E-state index contributed by atoms with van der Waals surface area (Å²) < 4.78 is 5.01. The number of thiophene rings is 1. The first-order valence-corrected chi connectivity index (χ1v) is 8.98. The molecule has 6 heteroatoms. The molecule has 1 aromatic heterocycles. The monoisotopic (exact) mass is 359 g/mol. The van der Waals surface area contributed by atoms with E-state index in [1.165, 1.54) is 11.3 Å². The van der Waals surface area contributed by atoms with Crippen molar-refractivity contribution in [3.05, 3.63) is 57.3 Å². The Morgan fingerprint density at radius 3 is 2.56 bits per heavy atom. The summed E-state index contributed by atoms with van der Waals surface area (Å²) in [7, 11) is 0. The predicted octanol–water partition coefficient (Wildman–Crippen LogP) is 3.30. The van der Waals surface area contributed by atoms with Crippen LogP contribution < -0.4 is 5.32 Å². The number of hydrogen-bond donors (Lipinski definition) is 1. The lowest BCUT2D eigenvalue weighted by Gasteiger charge is -2.07. The number of carbonyl (C=O) groups excluding carboxylic acids is 3. The van der Waals surface area contributed by atoms with Crippen LogP contribution in [0.1, 0.15) is 44.7 Å². The molecule has 2 rings (SSSR count). The molecule has 0 aliphatic heterocycles. The van der Waals surface area contributed by atoms with Crippen molar-refractivity contribution in [2.45, 2.75) is 26.7 Å². The molecule has 132 valence electrons. The molecule has 0 saturated heterocycles. The minimum absolute atomic E-state index is 0.153. The van der Waals surface area contributed by atoms with E-state index in [-0.39, 0.29) is 24.7 Å². The third kappa shape index (κ3) is 5.83. The summed E-state index contributed by atoms with van der Waals surface area (Å²) in [6.45, 7) is 4.03.